The van der Waals surface area contributed by atoms with Gasteiger partial charge in [-0.2, -0.15) is 0 Å². The molecule has 1 amide bonds. The van der Waals surface area contributed by atoms with Gasteiger partial charge in [-0.3, -0.25) is 4.79 Å². The van der Waals surface area contributed by atoms with Crippen LogP contribution in [0.1, 0.15) is 89.1 Å². The monoisotopic (exact) mass is 399 g/mol. The van der Waals surface area contributed by atoms with E-state index in [9.17, 15) is 9.59 Å². The molecule has 0 atom stereocenters. The number of benzene rings is 1. The summed E-state index contributed by atoms with van der Waals surface area (Å²) in [6.07, 6.45) is 5.99. The molecule has 2 aromatic rings. The summed E-state index contributed by atoms with van der Waals surface area (Å²) in [4.78, 5) is 26.8. The summed E-state index contributed by atoms with van der Waals surface area (Å²) in [5.74, 6) is -0.0760. The first-order chi connectivity index (χ1) is 13.5. The Morgan fingerprint density at radius 1 is 1.11 bits per heavy atom. The number of esters is 1. The number of carbonyl (C=O) groups is 2. The molecule has 0 fully saturated rings. The van der Waals surface area contributed by atoms with Gasteiger partial charge in [-0.25, -0.2) is 4.79 Å². The van der Waals surface area contributed by atoms with Crippen molar-refractivity contribution in [3.05, 3.63) is 51.4 Å². The number of carbonyl (C=O) groups excluding carboxylic acids is 2. The molecule has 28 heavy (non-hydrogen) atoms. The minimum absolute atomic E-state index is 0.184. The van der Waals surface area contributed by atoms with Crippen LogP contribution in [0.2, 0.25) is 0 Å². The molecule has 0 unspecified atom stereocenters. The van der Waals surface area contributed by atoms with Crippen LogP contribution in [0.3, 0.4) is 0 Å². The Hall–Kier alpha value is -2.14. The zero-order valence-corrected chi connectivity index (χ0v) is 17.8. The van der Waals surface area contributed by atoms with Crippen LogP contribution < -0.4 is 5.32 Å². The third-order valence-corrected chi connectivity index (χ3v) is 6.34. The third kappa shape index (κ3) is 4.64. The van der Waals surface area contributed by atoms with Gasteiger partial charge in [-0.1, -0.05) is 39.3 Å². The van der Waals surface area contributed by atoms with E-state index in [1.54, 1.807) is 0 Å². The molecule has 0 saturated heterocycles. The van der Waals surface area contributed by atoms with Gasteiger partial charge < -0.3 is 10.1 Å². The van der Waals surface area contributed by atoms with Gasteiger partial charge in [0.05, 0.1) is 12.2 Å². The minimum atomic E-state index is -0.313. The molecule has 0 saturated carbocycles. The molecule has 5 heteroatoms. The lowest BCUT2D eigenvalue weighted by Gasteiger charge is -2.10. The SMILES string of the molecule is CCCOC(=O)c1c(NC(=O)c2ccc(C(C)C)cc2)sc2c1CCCCC2. The Morgan fingerprint density at radius 3 is 2.50 bits per heavy atom. The number of nitrogens with one attached hydrogen (secondary N) is 1. The molecule has 0 aliphatic heterocycles. The molecule has 150 valence electrons. The van der Waals surface area contributed by atoms with E-state index in [0.717, 1.165) is 37.7 Å². The summed E-state index contributed by atoms with van der Waals surface area (Å²) in [5.41, 5.74) is 3.45. The number of ether oxygens (including phenoxy) is 1. The lowest BCUT2D eigenvalue weighted by Crippen LogP contribution is -2.15. The Balaban J connectivity index is 1.87. The van der Waals surface area contributed by atoms with Crippen molar-refractivity contribution >= 4 is 28.2 Å². The lowest BCUT2D eigenvalue weighted by atomic mass is 10.0. The highest BCUT2D eigenvalue weighted by molar-refractivity contribution is 7.17. The zero-order chi connectivity index (χ0) is 20.1. The summed E-state index contributed by atoms with van der Waals surface area (Å²) in [6.45, 7) is 6.63. The summed E-state index contributed by atoms with van der Waals surface area (Å²) in [7, 11) is 0. The second kappa shape index (κ2) is 9.37. The van der Waals surface area contributed by atoms with Gasteiger partial charge in [0.2, 0.25) is 0 Å². The van der Waals surface area contributed by atoms with Crippen LogP contribution in [0.4, 0.5) is 5.00 Å². The molecule has 3 rings (SSSR count). The Kier molecular flexibility index (Phi) is 6.89. The maximum Gasteiger partial charge on any atom is 0.341 e. The number of aryl methyl sites for hydroxylation is 1. The average Bonchev–Trinajstić information content (AvgIpc) is 2.86. The molecule has 1 aliphatic carbocycles. The van der Waals surface area contributed by atoms with Crippen molar-refractivity contribution in [1.29, 1.82) is 0 Å². The van der Waals surface area contributed by atoms with E-state index in [0.29, 0.717) is 28.7 Å². The number of hydrogen-bond donors (Lipinski definition) is 1. The van der Waals surface area contributed by atoms with E-state index >= 15 is 0 Å². The van der Waals surface area contributed by atoms with Crippen molar-refractivity contribution in [2.75, 3.05) is 11.9 Å². The molecule has 1 aromatic heterocycles. The number of anilines is 1. The summed E-state index contributed by atoms with van der Waals surface area (Å²) < 4.78 is 5.43. The molecule has 1 heterocycles. The van der Waals surface area contributed by atoms with Gasteiger partial charge in [-0.15, -0.1) is 11.3 Å². The molecule has 1 aliphatic rings. The molecule has 1 aromatic carbocycles. The molecule has 0 radical (unpaired) electrons. The first-order valence-corrected chi connectivity index (χ1v) is 11.1. The normalized spacial score (nSPS) is 13.7. The Labute approximate surface area is 171 Å². The molecular formula is C23H29NO3S. The molecular weight excluding hydrogens is 370 g/mol. The number of thiophene rings is 1. The number of rotatable bonds is 6. The average molecular weight is 400 g/mol. The van der Waals surface area contributed by atoms with Gasteiger partial charge in [0.15, 0.2) is 0 Å². The largest absolute Gasteiger partial charge is 0.462 e. The summed E-state index contributed by atoms with van der Waals surface area (Å²) in [5, 5.41) is 3.62. The highest BCUT2D eigenvalue weighted by Crippen LogP contribution is 2.38. The van der Waals surface area contributed by atoms with E-state index < -0.39 is 0 Å². The number of amides is 1. The number of hydrogen-bond acceptors (Lipinski definition) is 4. The fourth-order valence-electron chi connectivity index (χ4n) is 3.51. The van der Waals surface area contributed by atoms with Gasteiger partial charge in [0, 0.05) is 10.4 Å². The van der Waals surface area contributed by atoms with Crippen molar-refractivity contribution in [1.82, 2.24) is 0 Å². The summed E-state index contributed by atoms with van der Waals surface area (Å²) in [6, 6.07) is 7.66. The smallest absolute Gasteiger partial charge is 0.341 e. The lowest BCUT2D eigenvalue weighted by molar-refractivity contribution is 0.0505. The number of fused-ring (bicyclic) bond motifs is 1. The van der Waals surface area contributed by atoms with Crippen LogP contribution in [0.5, 0.6) is 0 Å². The Morgan fingerprint density at radius 2 is 1.82 bits per heavy atom. The third-order valence-electron chi connectivity index (χ3n) is 5.13. The molecule has 4 nitrogen and oxygen atoms in total. The van der Waals surface area contributed by atoms with E-state index in [2.05, 4.69) is 19.2 Å². The van der Waals surface area contributed by atoms with Gasteiger partial charge in [0.1, 0.15) is 5.00 Å². The van der Waals surface area contributed by atoms with Crippen LogP contribution in [0.25, 0.3) is 0 Å². The quantitative estimate of drug-likeness (QED) is 0.482. The van der Waals surface area contributed by atoms with Gasteiger partial charge >= 0.3 is 5.97 Å². The fraction of sp³-hybridized carbons (Fsp3) is 0.478. The standard InChI is InChI=1S/C23H29NO3S/c1-4-14-27-23(26)20-18-8-6-5-7-9-19(18)28-22(20)24-21(25)17-12-10-16(11-13-17)15(2)3/h10-13,15H,4-9,14H2,1-3H3,(H,24,25). The van der Waals surface area contributed by atoms with Crippen LogP contribution in [0, 0.1) is 0 Å². The highest BCUT2D eigenvalue weighted by atomic mass is 32.1. The Bertz CT molecular complexity index is 836. The molecule has 1 N–H and O–H groups in total. The first kappa shape index (κ1) is 20.6. The van der Waals surface area contributed by atoms with E-state index in [1.165, 1.54) is 28.2 Å². The van der Waals surface area contributed by atoms with Gasteiger partial charge in [-0.05, 0) is 61.3 Å². The van der Waals surface area contributed by atoms with Crippen molar-refractivity contribution in [2.24, 2.45) is 0 Å². The summed E-state index contributed by atoms with van der Waals surface area (Å²) >= 11 is 1.54. The topological polar surface area (TPSA) is 55.4 Å². The van der Waals surface area contributed by atoms with Crippen LogP contribution in [0.15, 0.2) is 24.3 Å². The van der Waals surface area contributed by atoms with Crippen LogP contribution >= 0.6 is 11.3 Å². The highest BCUT2D eigenvalue weighted by Gasteiger charge is 2.27. The maximum atomic E-state index is 12.8. The van der Waals surface area contributed by atoms with E-state index in [-0.39, 0.29) is 11.9 Å². The first-order valence-electron chi connectivity index (χ1n) is 10.2. The van der Waals surface area contributed by atoms with Crippen molar-refractivity contribution in [3.8, 4) is 0 Å². The maximum absolute atomic E-state index is 12.8. The van der Waals surface area contributed by atoms with Crippen molar-refractivity contribution < 1.29 is 14.3 Å². The van der Waals surface area contributed by atoms with Gasteiger partial charge in [0.25, 0.3) is 5.91 Å². The van der Waals surface area contributed by atoms with Crippen LogP contribution in [-0.2, 0) is 17.6 Å². The second-order valence-corrected chi connectivity index (χ2v) is 8.74. The fourth-order valence-corrected chi connectivity index (χ4v) is 4.78. The predicted molar refractivity (Wildman–Crippen MR) is 115 cm³/mol. The van der Waals surface area contributed by atoms with Crippen molar-refractivity contribution in [2.45, 2.75) is 65.2 Å². The predicted octanol–water partition coefficient (Wildman–Crippen LogP) is 5.96. The molecule has 0 spiro atoms. The van der Waals surface area contributed by atoms with E-state index in [4.69, 9.17) is 4.74 Å². The second-order valence-electron chi connectivity index (χ2n) is 7.64. The van der Waals surface area contributed by atoms with E-state index in [1.807, 2.05) is 31.2 Å². The van der Waals surface area contributed by atoms with Crippen LogP contribution in [-0.4, -0.2) is 18.5 Å². The van der Waals surface area contributed by atoms with Crippen molar-refractivity contribution in [3.63, 3.8) is 0 Å². The minimum Gasteiger partial charge on any atom is -0.462 e. The zero-order valence-electron chi connectivity index (χ0n) is 17.0. The molecule has 0 bridgehead atoms.